The fraction of sp³-hybridized carbons (Fsp3) is 0.438. The van der Waals surface area contributed by atoms with Gasteiger partial charge in [0.2, 0.25) is 0 Å². The van der Waals surface area contributed by atoms with E-state index < -0.39 is 11.9 Å². The van der Waals surface area contributed by atoms with Gasteiger partial charge in [0.25, 0.3) is 0 Å². The maximum Gasteiger partial charge on any atom is 0.330 e. The molecule has 6 heteroatoms. The molecule has 0 amide bonds. The van der Waals surface area contributed by atoms with Gasteiger partial charge < -0.3 is 18.9 Å². The van der Waals surface area contributed by atoms with Gasteiger partial charge in [-0.1, -0.05) is 25.3 Å². The number of hydrogen-bond donors (Lipinski definition) is 0. The Hall–Kier alpha value is -3.54. The van der Waals surface area contributed by atoms with E-state index in [1.54, 1.807) is 0 Å². The van der Waals surface area contributed by atoms with Crippen LogP contribution in [0.2, 0.25) is 0 Å². The van der Waals surface area contributed by atoms with Crippen molar-refractivity contribution in [1.29, 1.82) is 0 Å². The molecule has 38 heavy (non-hydrogen) atoms. The molecule has 0 bridgehead atoms. The zero-order valence-corrected chi connectivity index (χ0v) is 22.2. The number of carbonyl (C=O) groups is 2. The molecule has 4 rings (SSSR count). The average Bonchev–Trinajstić information content (AvgIpc) is 2.96. The molecular weight excluding hydrogens is 480 g/mol. The average molecular weight is 519 g/mol. The highest BCUT2D eigenvalue weighted by Gasteiger charge is 2.26. The second-order valence-corrected chi connectivity index (χ2v) is 9.71. The number of ether oxygens (including phenoxy) is 4. The number of fused-ring (bicyclic) bond motifs is 2. The molecule has 0 saturated carbocycles. The quantitative estimate of drug-likeness (QED) is 0.181. The highest BCUT2D eigenvalue weighted by molar-refractivity contribution is 5.84. The molecule has 0 atom stereocenters. The summed E-state index contributed by atoms with van der Waals surface area (Å²) in [6, 6.07) is 8.59. The van der Waals surface area contributed by atoms with Gasteiger partial charge in [0.05, 0.1) is 26.4 Å². The number of aryl methyl sites for hydroxylation is 2. The van der Waals surface area contributed by atoms with Crippen molar-refractivity contribution in [2.45, 2.75) is 64.2 Å². The van der Waals surface area contributed by atoms with Gasteiger partial charge in [-0.05, 0) is 85.8 Å². The lowest BCUT2D eigenvalue weighted by atomic mass is 9.80. The maximum absolute atomic E-state index is 11.4. The number of carbonyl (C=O) groups excluding carboxylic acids is 2. The summed E-state index contributed by atoms with van der Waals surface area (Å²) in [6.45, 7) is 8.33. The van der Waals surface area contributed by atoms with Crippen molar-refractivity contribution in [2.75, 3.05) is 26.4 Å². The molecule has 0 radical (unpaired) electrons. The number of benzene rings is 2. The van der Waals surface area contributed by atoms with E-state index in [0.29, 0.717) is 26.1 Å². The van der Waals surface area contributed by atoms with Gasteiger partial charge in [-0.2, -0.15) is 0 Å². The first-order valence-corrected chi connectivity index (χ1v) is 13.8. The van der Waals surface area contributed by atoms with Gasteiger partial charge in [-0.3, -0.25) is 0 Å². The van der Waals surface area contributed by atoms with Crippen LogP contribution >= 0.6 is 0 Å². The topological polar surface area (TPSA) is 71.1 Å². The van der Waals surface area contributed by atoms with Crippen LogP contribution in [0, 0.1) is 0 Å². The highest BCUT2D eigenvalue weighted by Crippen LogP contribution is 2.46. The zero-order chi connectivity index (χ0) is 26.7. The lowest BCUT2D eigenvalue weighted by Crippen LogP contribution is -2.13. The van der Waals surface area contributed by atoms with Gasteiger partial charge in [0.1, 0.15) is 11.5 Å². The molecule has 2 aliphatic rings. The third kappa shape index (κ3) is 6.85. The Morgan fingerprint density at radius 3 is 1.47 bits per heavy atom. The van der Waals surface area contributed by atoms with Crippen molar-refractivity contribution in [3.63, 3.8) is 0 Å². The highest BCUT2D eigenvalue weighted by atomic mass is 16.5. The minimum Gasteiger partial charge on any atom is -0.493 e. The van der Waals surface area contributed by atoms with E-state index in [-0.39, 0.29) is 13.2 Å². The smallest absolute Gasteiger partial charge is 0.330 e. The molecule has 202 valence electrons. The first kappa shape index (κ1) is 27.5. The summed E-state index contributed by atoms with van der Waals surface area (Å²) in [6.07, 6.45) is 12.4. The molecule has 0 aliphatic heterocycles. The lowest BCUT2D eigenvalue weighted by molar-refractivity contribution is -0.138. The summed E-state index contributed by atoms with van der Waals surface area (Å²) < 4.78 is 23.0. The van der Waals surface area contributed by atoms with E-state index in [9.17, 15) is 9.59 Å². The molecule has 0 fully saturated rings. The van der Waals surface area contributed by atoms with Crippen molar-refractivity contribution in [1.82, 2.24) is 0 Å². The molecule has 6 nitrogen and oxygen atoms in total. The van der Waals surface area contributed by atoms with Crippen molar-refractivity contribution < 1.29 is 28.5 Å². The first-order chi connectivity index (χ1) is 18.6. The van der Waals surface area contributed by atoms with Gasteiger partial charge in [-0.15, -0.1) is 0 Å². The predicted molar refractivity (Wildman–Crippen MR) is 148 cm³/mol. The molecule has 0 spiro atoms. The van der Waals surface area contributed by atoms with E-state index in [0.717, 1.165) is 61.2 Å². The van der Waals surface area contributed by atoms with Crippen molar-refractivity contribution in [3.8, 4) is 22.6 Å². The van der Waals surface area contributed by atoms with Crippen LogP contribution in [0.1, 0.15) is 60.8 Å². The lowest BCUT2D eigenvalue weighted by Gasteiger charge is -2.28. The maximum atomic E-state index is 11.4. The molecule has 2 aromatic rings. The standard InChI is InChI=1S/C32H38O6/c1-3-29(33)37-21-9-19-35-27-17-15-23-11-5-7-13-25(23)31(27)32-26-14-8-6-12-24(26)16-18-28(32)36-20-10-22-38-30(34)4-2/h3-4,15-18H,1-2,5-14,19-22H2. The molecule has 0 N–H and O–H groups in total. The first-order valence-electron chi connectivity index (χ1n) is 13.8. The van der Waals surface area contributed by atoms with Crippen LogP contribution in [-0.2, 0) is 44.7 Å². The fourth-order valence-electron chi connectivity index (χ4n) is 5.35. The molecule has 0 unspecified atom stereocenters. The predicted octanol–water partition coefficient (Wildman–Crippen LogP) is 6.11. The third-order valence-electron chi connectivity index (χ3n) is 7.15. The SMILES string of the molecule is C=CC(=O)OCCCOc1ccc2c(c1-c1c(OCCCOC(=O)C=C)ccc3c1CCCC3)CCCC2. The summed E-state index contributed by atoms with van der Waals surface area (Å²) in [5, 5.41) is 0. The van der Waals surface area contributed by atoms with Crippen LogP contribution < -0.4 is 9.47 Å². The van der Waals surface area contributed by atoms with E-state index in [1.807, 2.05) is 0 Å². The molecular formula is C32H38O6. The van der Waals surface area contributed by atoms with E-state index >= 15 is 0 Å². The van der Waals surface area contributed by atoms with Crippen molar-refractivity contribution in [3.05, 3.63) is 71.8 Å². The zero-order valence-electron chi connectivity index (χ0n) is 22.2. The van der Waals surface area contributed by atoms with Gasteiger partial charge in [0.15, 0.2) is 0 Å². The second-order valence-electron chi connectivity index (χ2n) is 9.71. The Kier molecular flexibility index (Phi) is 10.0. The monoisotopic (exact) mass is 518 g/mol. The minimum atomic E-state index is -0.420. The van der Waals surface area contributed by atoms with Crippen LogP contribution in [0.3, 0.4) is 0 Å². The molecule has 0 aromatic heterocycles. The van der Waals surface area contributed by atoms with Crippen LogP contribution in [0.5, 0.6) is 11.5 Å². The Morgan fingerprint density at radius 2 is 1.05 bits per heavy atom. The van der Waals surface area contributed by atoms with E-state index in [2.05, 4.69) is 37.4 Å². The van der Waals surface area contributed by atoms with Gasteiger partial charge in [0, 0.05) is 36.1 Å². The van der Waals surface area contributed by atoms with Crippen LogP contribution in [0.15, 0.2) is 49.6 Å². The van der Waals surface area contributed by atoms with Gasteiger partial charge in [-0.25, -0.2) is 9.59 Å². The van der Waals surface area contributed by atoms with Crippen molar-refractivity contribution in [2.24, 2.45) is 0 Å². The van der Waals surface area contributed by atoms with Crippen LogP contribution in [0.25, 0.3) is 11.1 Å². The largest absolute Gasteiger partial charge is 0.493 e. The summed E-state index contributed by atoms with van der Waals surface area (Å²) in [4.78, 5) is 22.7. The summed E-state index contributed by atoms with van der Waals surface area (Å²) in [7, 11) is 0. The number of hydrogen-bond acceptors (Lipinski definition) is 6. The van der Waals surface area contributed by atoms with Crippen molar-refractivity contribution >= 4 is 11.9 Å². The molecule has 0 heterocycles. The van der Waals surface area contributed by atoms with E-state index in [4.69, 9.17) is 18.9 Å². The third-order valence-corrected chi connectivity index (χ3v) is 7.15. The summed E-state index contributed by atoms with van der Waals surface area (Å²) in [5.74, 6) is 0.863. The minimum absolute atomic E-state index is 0.288. The van der Waals surface area contributed by atoms with Gasteiger partial charge >= 0.3 is 11.9 Å². The van der Waals surface area contributed by atoms with Crippen LogP contribution in [0.4, 0.5) is 0 Å². The molecule has 2 aliphatic carbocycles. The fourth-order valence-corrected chi connectivity index (χ4v) is 5.35. The normalized spacial score (nSPS) is 14.0. The Bertz CT molecular complexity index is 1070. The summed E-state index contributed by atoms with van der Waals surface area (Å²) >= 11 is 0. The number of rotatable bonds is 13. The van der Waals surface area contributed by atoms with E-state index in [1.165, 1.54) is 47.2 Å². The summed E-state index contributed by atoms with van der Waals surface area (Å²) in [5.41, 5.74) is 7.78. The number of esters is 2. The molecule has 2 aromatic carbocycles. The Labute approximate surface area is 225 Å². The second kappa shape index (κ2) is 13.8. The Balaban J connectivity index is 1.64. The molecule has 0 saturated heterocycles. The Morgan fingerprint density at radius 1 is 0.632 bits per heavy atom. The van der Waals surface area contributed by atoms with Crippen LogP contribution in [-0.4, -0.2) is 38.4 Å².